The number of carboxylic acids is 1. The number of aryl methyl sites for hydroxylation is 1. The van der Waals surface area contributed by atoms with E-state index in [0.29, 0.717) is 12.2 Å². The van der Waals surface area contributed by atoms with E-state index < -0.39 is 23.3 Å². The lowest BCUT2D eigenvalue weighted by Crippen LogP contribution is -2.15. The van der Waals surface area contributed by atoms with E-state index in [1.54, 1.807) is 10.8 Å². The molecule has 4 rings (SSSR count). The topological polar surface area (TPSA) is 158 Å². The van der Waals surface area contributed by atoms with Gasteiger partial charge in [0.2, 0.25) is 0 Å². The molecule has 0 aliphatic heterocycles. The molecule has 0 fully saturated rings. The highest BCUT2D eigenvalue weighted by atomic mass is 19.1. The molecule has 0 saturated carbocycles. The molecule has 2 aromatic heterocycles. The number of carbonyl (C=O) groups is 2. The standard InChI is InChI=1S/C18H20N4O3.C9H7FN2O2/c1-13-7-19-21(8-13)9-14-3-5-15(6-4-14)10-22-11-16(18(23)24)17(20-22)12-25-2;1-14-6-3-2-5(4-11)7(8(6)10)9(12)13/h3-8,11H,9-10,12H2,1-2H3,(H,23,24);2-3H,1H3,(H2,12,13). The summed E-state index contributed by atoms with van der Waals surface area (Å²) in [6, 6.07) is 12.3. The maximum absolute atomic E-state index is 13.4. The molecule has 0 aliphatic rings. The Hall–Kier alpha value is -5.02. The molecule has 0 bridgehead atoms. The van der Waals surface area contributed by atoms with Crippen LogP contribution >= 0.6 is 0 Å². The Kier molecular flexibility index (Phi) is 9.50. The van der Waals surface area contributed by atoms with Crippen molar-refractivity contribution in [2.45, 2.75) is 26.6 Å². The third-order valence-electron chi connectivity index (χ3n) is 5.52. The molecule has 1 amide bonds. The van der Waals surface area contributed by atoms with E-state index in [1.165, 1.54) is 32.5 Å². The van der Waals surface area contributed by atoms with E-state index in [1.807, 2.05) is 48.3 Å². The summed E-state index contributed by atoms with van der Waals surface area (Å²) in [5.41, 5.74) is 8.33. The van der Waals surface area contributed by atoms with Gasteiger partial charge in [-0.2, -0.15) is 15.5 Å². The lowest BCUT2D eigenvalue weighted by Gasteiger charge is -2.05. The normalized spacial score (nSPS) is 10.3. The molecule has 12 heteroatoms. The predicted molar refractivity (Wildman–Crippen MR) is 138 cm³/mol. The van der Waals surface area contributed by atoms with E-state index in [0.717, 1.165) is 23.2 Å². The SMILES string of the molecule is COCc1nn(Cc2ccc(Cn3cc(C)cn3)cc2)cc1C(=O)O.COc1ccc(C#N)c(C(N)=O)c1F. The first-order valence-corrected chi connectivity index (χ1v) is 11.6. The average molecular weight is 535 g/mol. The van der Waals surface area contributed by atoms with Crippen LogP contribution in [0, 0.1) is 24.1 Å². The molecule has 2 heterocycles. The van der Waals surface area contributed by atoms with Crippen LogP contribution in [0.5, 0.6) is 5.75 Å². The maximum Gasteiger partial charge on any atom is 0.339 e. The van der Waals surface area contributed by atoms with E-state index >= 15 is 0 Å². The van der Waals surface area contributed by atoms with Crippen molar-refractivity contribution in [1.82, 2.24) is 19.6 Å². The molecule has 0 radical (unpaired) electrons. The number of primary amides is 1. The second-order valence-corrected chi connectivity index (χ2v) is 8.44. The zero-order valence-electron chi connectivity index (χ0n) is 21.6. The minimum atomic E-state index is -0.997. The van der Waals surface area contributed by atoms with Crippen molar-refractivity contribution in [3.63, 3.8) is 0 Å². The van der Waals surface area contributed by atoms with Crippen molar-refractivity contribution in [2.75, 3.05) is 14.2 Å². The first kappa shape index (κ1) is 28.5. The van der Waals surface area contributed by atoms with Gasteiger partial charge in [-0.15, -0.1) is 0 Å². The Morgan fingerprint density at radius 3 is 2.21 bits per heavy atom. The molecule has 202 valence electrons. The van der Waals surface area contributed by atoms with Crippen molar-refractivity contribution in [1.29, 1.82) is 5.26 Å². The van der Waals surface area contributed by atoms with Gasteiger partial charge in [0.1, 0.15) is 17.3 Å². The Labute approximate surface area is 223 Å². The predicted octanol–water partition coefficient (Wildman–Crippen LogP) is 3.13. The third kappa shape index (κ3) is 7.27. The second kappa shape index (κ2) is 13.0. The zero-order chi connectivity index (χ0) is 28.5. The van der Waals surface area contributed by atoms with Crippen LogP contribution in [0.15, 0.2) is 55.0 Å². The number of hydrogen-bond donors (Lipinski definition) is 2. The van der Waals surface area contributed by atoms with Crippen molar-refractivity contribution in [3.05, 3.63) is 99.9 Å². The number of aromatic nitrogens is 4. The minimum Gasteiger partial charge on any atom is -0.494 e. The number of methoxy groups -OCH3 is 2. The summed E-state index contributed by atoms with van der Waals surface area (Å²) >= 11 is 0. The number of nitrogens with zero attached hydrogens (tertiary/aromatic N) is 5. The number of nitriles is 1. The van der Waals surface area contributed by atoms with Gasteiger partial charge in [0.05, 0.1) is 44.1 Å². The number of benzene rings is 2. The number of hydrogen-bond acceptors (Lipinski definition) is 7. The summed E-state index contributed by atoms with van der Waals surface area (Å²) in [6.07, 6.45) is 5.38. The number of amides is 1. The summed E-state index contributed by atoms with van der Waals surface area (Å²) < 4.78 is 26.6. The van der Waals surface area contributed by atoms with Gasteiger partial charge in [0.15, 0.2) is 11.6 Å². The minimum absolute atomic E-state index is 0.101. The first-order valence-electron chi connectivity index (χ1n) is 11.6. The molecular formula is C27H27FN6O5. The van der Waals surface area contributed by atoms with Gasteiger partial charge in [-0.1, -0.05) is 24.3 Å². The van der Waals surface area contributed by atoms with Crippen LogP contribution in [-0.2, 0) is 24.4 Å². The number of halogens is 1. The van der Waals surface area contributed by atoms with Gasteiger partial charge < -0.3 is 20.3 Å². The van der Waals surface area contributed by atoms with Gasteiger partial charge in [-0.3, -0.25) is 14.2 Å². The fourth-order valence-corrected chi connectivity index (χ4v) is 3.69. The van der Waals surface area contributed by atoms with E-state index in [9.17, 15) is 19.1 Å². The number of nitrogens with two attached hydrogens (primary N) is 1. The molecule has 0 saturated heterocycles. The number of rotatable bonds is 9. The Balaban J connectivity index is 0.000000255. The van der Waals surface area contributed by atoms with Crippen LogP contribution in [0.25, 0.3) is 0 Å². The van der Waals surface area contributed by atoms with Gasteiger partial charge in [-0.05, 0) is 35.7 Å². The van der Waals surface area contributed by atoms with E-state index in [-0.39, 0.29) is 23.5 Å². The number of carbonyl (C=O) groups excluding carboxylic acids is 1. The summed E-state index contributed by atoms with van der Waals surface area (Å²) in [6.45, 7) is 3.42. The van der Waals surface area contributed by atoms with Crippen molar-refractivity contribution in [3.8, 4) is 11.8 Å². The summed E-state index contributed by atoms with van der Waals surface area (Å²) in [4.78, 5) is 22.1. The summed E-state index contributed by atoms with van der Waals surface area (Å²) in [5, 5.41) is 26.4. The molecule has 2 aromatic carbocycles. The fourth-order valence-electron chi connectivity index (χ4n) is 3.69. The van der Waals surface area contributed by atoms with Gasteiger partial charge in [-0.25, -0.2) is 9.18 Å². The number of ether oxygens (including phenoxy) is 2. The van der Waals surface area contributed by atoms with Gasteiger partial charge >= 0.3 is 5.97 Å². The molecule has 3 N–H and O–H groups in total. The van der Waals surface area contributed by atoms with Crippen LogP contribution < -0.4 is 10.5 Å². The molecule has 0 unspecified atom stereocenters. The van der Waals surface area contributed by atoms with Crippen molar-refractivity contribution >= 4 is 11.9 Å². The lowest BCUT2D eigenvalue weighted by molar-refractivity contribution is 0.0691. The quantitative estimate of drug-likeness (QED) is 0.331. The monoisotopic (exact) mass is 534 g/mol. The Morgan fingerprint density at radius 1 is 1.08 bits per heavy atom. The van der Waals surface area contributed by atoms with Crippen molar-refractivity contribution in [2.24, 2.45) is 5.73 Å². The number of carboxylic acid groups (broad SMARTS) is 1. The highest BCUT2D eigenvalue weighted by Gasteiger charge is 2.18. The molecule has 0 aliphatic carbocycles. The van der Waals surface area contributed by atoms with Crippen LogP contribution in [0.3, 0.4) is 0 Å². The van der Waals surface area contributed by atoms with E-state index in [4.69, 9.17) is 15.7 Å². The van der Waals surface area contributed by atoms with E-state index in [2.05, 4.69) is 14.9 Å². The number of aromatic carboxylic acids is 1. The molecule has 39 heavy (non-hydrogen) atoms. The van der Waals surface area contributed by atoms with Crippen LogP contribution in [0.4, 0.5) is 4.39 Å². The van der Waals surface area contributed by atoms with Crippen LogP contribution in [0.1, 0.15) is 48.7 Å². The summed E-state index contributed by atoms with van der Waals surface area (Å²) in [7, 11) is 2.78. The molecule has 4 aromatic rings. The molecule has 0 atom stereocenters. The smallest absolute Gasteiger partial charge is 0.339 e. The van der Waals surface area contributed by atoms with Crippen LogP contribution in [0.2, 0.25) is 0 Å². The van der Waals surface area contributed by atoms with Gasteiger partial charge in [0, 0.05) is 19.5 Å². The first-order chi connectivity index (χ1) is 18.7. The van der Waals surface area contributed by atoms with Gasteiger partial charge in [0.25, 0.3) is 5.91 Å². The van der Waals surface area contributed by atoms with Crippen molar-refractivity contribution < 1.29 is 28.6 Å². The second-order valence-electron chi connectivity index (χ2n) is 8.44. The molecule has 11 nitrogen and oxygen atoms in total. The largest absolute Gasteiger partial charge is 0.494 e. The third-order valence-corrected chi connectivity index (χ3v) is 5.52. The molecule has 0 spiro atoms. The Bertz CT molecular complexity index is 1500. The highest BCUT2D eigenvalue weighted by molar-refractivity contribution is 5.96. The summed E-state index contributed by atoms with van der Waals surface area (Å²) in [5.74, 6) is -3.00. The zero-order valence-corrected chi connectivity index (χ0v) is 21.6. The molecular weight excluding hydrogens is 507 g/mol. The fraction of sp³-hybridized carbons (Fsp3) is 0.222. The Morgan fingerprint density at radius 2 is 1.72 bits per heavy atom. The average Bonchev–Trinajstić information content (AvgIpc) is 3.50. The lowest BCUT2D eigenvalue weighted by atomic mass is 10.1. The maximum atomic E-state index is 13.4. The van der Waals surface area contributed by atoms with Crippen LogP contribution in [-0.4, -0.2) is 50.8 Å². The highest BCUT2D eigenvalue weighted by Crippen LogP contribution is 2.22.